The molecule has 1 aliphatic rings. The normalized spacial score (nSPS) is 14.9. The van der Waals surface area contributed by atoms with Crippen LogP contribution in [0, 0.1) is 6.92 Å². The summed E-state index contributed by atoms with van der Waals surface area (Å²) in [6.07, 6.45) is 4.33. The Bertz CT molecular complexity index is 402. The summed E-state index contributed by atoms with van der Waals surface area (Å²) in [5.41, 5.74) is 2.24. The summed E-state index contributed by atoms with van der Waals surface area (Å²) in [5, 5.41) is 6.65. The Morgan fingerprint density at radius 2 is 2.28 bits per heavy atom. The largest absolute Gasteiger partial charge is 0.357 e. The lowest BCUT2D eigenvalue weighted by Gasteiger charge is -2.10. The molecular weight excluding hydrogens is 339 g/mol. The standard InChI is InChI=1S/C13H20N4.HI/c1-3-14-13(17-11-6-7-11)16-9-12-10(2)5-4-8-15-12;/h4-5,8,11H,3,6-7,9H2,1-2H3,(H2,14,16,17);1H. The van der Waals surface area contributed by atoms with E-state index in [-0.39, 0.29) is 24.0 Å². The quantitative estimate of drug-likeness (QED) is 0.492. The number of aromatic nitrogens is 1. The van der Waals surface area contributed by atoms with Crippen molar-refractivity contribution in [1.29, 1.82) is 0 Å². The monoisotopic (exact) mass is 360 g/mol. The van der Waals surface area contributed by atoms with E-state index in [2.05, 4.69) is 40.5 Å². The van der Waals surface area contributed by atoms with Crippen LogP contribution in [-0.2, 0) is 6.54 Å². The Morgan fingerprint density at radius 3 is 2.89 bits per heavy atom. The zero-order valence-electron chi connectivity index (χ0n) is 10.9. The highest BCUT2D eigenvalue weighted by Gasteiger charge is 2.22. The van der Waals surface area contributed by atoms with E-state index in [4.69, 9.17) is 0 Å². The summed E-state index contributed by atoms with van der Waals surface area (Å²) in [5.74, 6) is 0.903. The maximum absolute atomic E-state index is 4.56. The van der Waals surface area contributed by atoms with Gasteiger partial charge in [0.25, 0.3) is 0 Å². The van der Waals surface area contributed by atoms with E-state index in [0.717, 1.165) is 18.2 Å². The van der Waals surface area contributed by atoms with E-state index < -0.39 is 0 Å². The first kappa shape index (κ1) is 15.2. The van der Waals surface area contributed by atoms with Gasteiger partial charge in [-0.25, -0.2) is 4.99 Å². The smallest absolute Gasteiger partial charge is 0.191 e. The summed E-state index contributed by atoms with van der Waals surface area (Å²) in [6, 6.07) is 4.65. The first-order valence-corrected chi connectivity index (χ1v) is 6.25. The van der Waals surface area contributed by atoms with Gasteiger partial charge in [-0.05, 0) is 38.3 Å². The number of aryl methyl sites for hydroxylation is 1. The van der Waals surface area contributed by atoms with Crippen molar-refractivity contribution in [3.63, 3.8) is 0 Å². The molecule has 1 heterocycles. The molecule has 2 N–H and O–H groups in total. The molecule has 0 spiro atoms. The van der Waals surface area contributed by atoms with Gasteiger partial charge in [-0.3, -0.25) is 4.98 Å². The van der Waals surface area contributed by atoms with Gasteiger partial charge in [-0.2, -0.15) is 0 Å². The second-order valence-corrected chi connectivity index (χ2v) is 4.38. The fourth-order valence-corrected chi connectivity index (χ4v) is 1.58. The molecule has 0 unspecified atom stereocenters. The van der Waals surface area contributed by atoms with E-state index in [0.29, 0.717) is 12.6 Å². The molecule has 0 aromatic carbocycles. The Kier molecular flexibility index (Phi) is 6.38. The van der Waals surface area contributed by atoms with Crippen molar-refractivity contribution in [2.24, 2.45) is 4.99 Å². The topological polar surface area (TPSA) is 49.3 Å². The Balaban J connectivity index is 0.00000162. The third-order valence-corrected chi connectivity index (χ3v) is 2.77. The number of halogens is 1. The van der Waals surface area contributed by atoms with Crippen LogP contribution in [0.5, 0.6) is 0 Å². The molecular formula is C13H21IN4. The number of hydrogen-bond acceptors (Lipinski definition) is 2. The summed E-state index contributed by atoms with van der Waals surface area (Å²) >= 11 is 0. The maximum atomic E-state index is 4.56. The zero-order chi connectivity index (χ0) is 12.1. The van der Waals surface area contributed by atoms with Crippen LogP contribution in [0.3, 0.4) is 0 Å². The lowest BCUT2D eigenvalue weighted by molar-refractivity contribution is 0.807. The SMILES string of the molecule is CCNC(=NCc1ncccc1C)NC1CC1.I. The highest BCUT2D eigenvalue weighted by Crippen LogP contribution is 2.18. The lowest BCUT2D eigenvalue weighted by atomic mass is 10.2. The van der Waals surface area contributed by atoms with Crippen LogP contribution < -0.4 is 10.6 Å². The van der Waals surface area contributed by atoms with Gasteiger partial charge in [0.2, 0.25) is 0 Å². The van der Waals surface area contributed by atoms with E-state index in [1.54, 1.807) is 0 Å². The molecule has 0 saturated heterocycles. The Morgan fingerprint density at radius 1 is 1.50 bits per heavy atom. The summed E-state index contributed by atoms with van der Waals surface area (Å²) < 4.78 is 0. The van der Waals surface area contributed by atoms with Crippen LogP contribution in [0.2, 0.25) is 0 Å². The molecule has 0 aliphatic heterocycles. The minimum Gasteiger partial charge on any atom is -0.357 e. The zero-order valence-corrected chi connectivity index (χ0v) is 13.3. The minimum atomic E-state index is 0. The van der Waals surface area contributed by atoms with Crippen LogP contribution in [-0.4, -0.2) is 23.5 Å². The third kappa shape index (κ3) is 4.80. The highest BCUT2D eigenvalue weighted by molar-refractivity contribution is 14.0. The van der Waals surface area contributed by atoms with Crippen molar-refractivity contribution in [2.45, 2.75) is 39.3 Å². The van der Waals surface area contributed by atoms with Crippen LogP contribution in [0.4, 0.5) is 0 Å². The predicted molar refractivity (Wildman–Crippen MR) is 85.4 cm³/mol. The molecule has 0 atom stereocenters. The van der Waals surface area contributed by atoms with Crippen molar-refractivity contribution in [3.05, 3.63) is 29.6 Å². The van der Waals surface area contributed by atoms with Gasteiger partial charge in [0.15, 0.2) is 5.96 Å². The number of nitrogens with zero attached hydrogens (tertiary/aromatic N) is 2. The molecule has 100 valence electrons. The lowest BCUT2D eigenvalue weighted by Crippen LogP contribution is -2.38. The molecule has 1 aliphatic carbocycles. The predicted octanol–water partition coefficient (Wildman–Crippen LogP) is 2.23. The van der Waals surface area contributed by atoms with Crippen LogP contribution in [0.25, 0.3) is 0 Å². The van der Waals surface area contributed by atoms with Crippen molar-refractivity contribution < 1.29 is 0 Å². The molecule has 5 heteroatoms. The average molecular weight is 360 g/mol. The number of guanidine groups is 1. The molecule has 1 fully saturated rings. The van der Waals surface area contributed by atoms with E-state index >= 15 is 0 Å². The minimum absolute atomic E-state index is 0. The molecule has 1 aromatic rings. The second-order valence-electron chi connectivity index (χ2n) is 4.38. The molecule has 0 radical (unpaired) electrons. The molecule has 18 heavy (non-hydrogen) atoms. The van der Waals surface area contributed by atoms with E-state index in [9.17, 15) is 0 Å². The van der Waals surface area contributed by atoms with Crippen LogP contribution in [0.15, 0.2) is 23.3 Å². The van der Waals surface area contributed by atoms with E-state index in [1.165, 1.54) is 18.4 Å². The molecule has 4 nitrogen and oxygen atoms in total. The number of aliphatic imine (C=N–C) groups is 1. The average Bonchev–Trinajstić information content (AvgIpc) is 3.12. The van der Waals surface area contributed by atoms with Crippen molar-refractivity contribution in [1.82, 2.24) is 15.6 Å². The van der Waals surface area contributed by atoms with Crippen molar-refractivity contribution >= 4 is 29.9 Å². The fraction of sp³-hybridized carbons (Fsp3) is 0.538. The van der Waals surface area contributed by atoms with E-state index in [1.807, 2.05) is 12.3 Å². The van der Waals surface area contributed by atoms with Gasteiger partial charge in [0.05, 0.1) is 12.2 Å². The summed E-state index contributed by atoms with van der Waals surface area (Å²) in [4.78, 5) is 8.90. The Hall–Kier alpha value is -0.850. The van der Waals surface area contributed by atoms with Crippen molar-refractivity contribution in [2.75, 3.05) is 6.54 Å². The number of pyridine rings is 1. The van der Waals surface area contributed by atoms with Gasteiger partial charge in [0, 0.05) is 18.8 Å². The number of hydrogen-bond donors (Lipinski definition) is 2. The first-order chi connectivity index (χ1) is 8.29. The van der Waals surface area contributed by atoms with Gasteiger partial charge in [-0.1, -0.05) is 6.07 Å². The molecule has 0 amide bonds. The van der Waals surface area contributed by atoms with Crippen LogP contribution in [0.1, 0.15) is 31.0 Å². The Labute approximate surface area is 126 Å². The number of nitrogens with one attached hydrogen (secondary N) is 2. The van der Waals surface area contributed by atoms with Gasteiger partial charge >= 0.3 is 0 Å². The second kappa shape index (κ2) is 7.56. The third-order valence-electron chi connectivity index (χ3n) is 2.77. The summed E-state index contributed by atoms with van der Waals surface area (Å²) in [6.45, 7) is 5.67. The molecule has 2 rings (SSSR count). The van der Waals surface area contributed by atoms with Crippen molar-refractivity contribution in [3.8, 4) is 0 Å². The summed E-state index contributed by atoms with van der Waals surface area (Å²) in [7, 11) is 0. The fourth-order valence-electron chi connectivity index (χ4n) is 1.58. The molecule has 1 aromatic heterocycles. The molecule has 1 saturated carbocycles. The van der Waals surface area contributed by atoms with Gasteiger partial charge in [0.1, 0.15) is 0 Å². The van der Waals surface area contributed by atoms with Gasteiger partial charge < -0.3 is 10.6 Å². The first-order valence-electron chi connectivity index (χ1n) is 6.25. The van der Waals surface area contributed by atoms with Crippen LogP contribution >= 0.6 is 24.0 Å². The molecule has 0 bridgehead atoms. The maximum Gasteiger partial charge on any atom is 0.191 e. The van der Waals surface area contributed by atoms with Gasteiger partial charge in [-0.15, -0.1) is 24.0 Å². The highest BCUT2D eigenvalue weighted by atomic mass is 127. The number of rotatable bonds is 4.